The zero-order chi connectivity index (χ0) is 21.1. The van der Waals surface area contributed by atoms with Crippen LogP contribution in [0.3, 0.4) is 0 Å². The highest BCUT2D eigenvalue weighted by atomic mass is 19.3. The zero-order valence-corrected chi connectivity index (χ0v) is 16.3. The topological polar surface area (TPSA) is 61.0 Å². The van der Waals surface area contributed by atoms with Crippen LogP contribution < -0.4 is 10.2 Å². The molecular formula is C23H20F2N4O. The fourth-order valence-corrected chi connectivity index (χ4v) is 3.32. The number of aromatic nitrogens is 2. The Labute approximate surface area is 172 Å². The molecule has 1 heterocycles. The Morgan fingerprint density at radius 3 is 2.57 bits per heavy atom. The molecule has 4 rings (SSSR count). The van der Waals surface area contributed by atoms with Crippen molar-refractivity contribution >= 4 is 28.3 Å². The first-order chi connectivity index (χ1) is 14.5. The summed E-state index contributed by atoms with van der Waals surface area (Å²) in [7, 11) is 1.96. The first-order valence-corrected chi connectivity index (χ1v) is 9.44. The van der Waals surface area contributed by atoms with Crippen LogP contribution in [0.4, 0.5) is 20.2 Å². The number of fused-ring (bicyclic) bond motifs is 1. The molecule has 0 aliphatic rings. The summed E-state index contributed by atoms with van der Waals surface area (Å²) in [5, 5.41) is 2.92. The molecule has 0 atom stereocenters. The van der Waals surface area contributed by atoms with E-state index in [9.17, 15) is 13.6 Å². The normalized spacial score (nSPS) is 11.1. The van der Waals surface area contributed by atoms with E-state index in [2.05, 4.69) is 20.2 Å². The number of hydrogen-bond acceptors (Lipinski definition) is 3. The largest absolute Gasteiger partial charge is 0.369 e. The van der Waals surface area contributed by atoms with Gasteiger partial charge >= 0.3 is 0 Å². The van der Waals surface area contributed by atoms with Crippen LogP contribution in [-0.2, 0) is 6.54 Å². The Hall–Kier alpha value is -3.74. The Morgan fingerprint density at radius 2 is 1.80 bits per heavy atom. The van der Waals surface area contributed by atoms with Gasteiger partial charge in [-0.3, -0.25) is 4.79 Å². The molecule has 0 spiro atoms. The van der Waals surface area contributed by atoms with Crippen molar-refractivity contribution in [3.63, 3.8) is 0 Å². The maximum absolute atomic E-state index is 12.9. The average molecular weight is 406 g/mol. The number of nitrogens with one attached hydrogen (secondary N) is 2. The lowest BCUT2D eigenvalue weighted by atomic mass is 10.1. The Kier molecular flexibility index (Phi) is 5.43. The standard InChI is InChI=1S/C23H20F2N4O/c1-29(14-15-7-3-2-4-8-15)20-10-6-5-9-18(20)28-23(30)16-11-12-17-19(13-16)27-22(26-17)21(24)25/h2-13,21H,14H2,1H3,(H,26,27)(H,28,30). The van der Waals surface area contributed by atoms with E-state index in [1.807, 2.05) is 61.6 Å². The first kappa shape index (κ1) is 19.6. The average Bonchev–Trinajstić information content (AvgIpc) is 3.18. The molecule has 2 N–H and O–H groups in total. The van der Waals surface area contributed by atoms with Crippen LogP contribution in [0.25, 0.3) is 11.0 Å². The van der Waals surface area contributed by atoms with Gasteiger partial charge in [0.25, 0.3) is 12.3 Å². The fraction of sp³-hybridized carbons (Fsp3) is 0.130. The third-order valence-corrected chi connectivity index (χ3v) is 4.80. The number of para-hydroxylation sites is 2. The van der Waals surface area contributed by atoms with E-state index in [0.717, 1.165) is 11.3 Å². The number of alkyl halides is 2. The lowest BCUT2D eigenvalue weighted by molar-refractivity contribution is 0.102. The second-order valence-electron chi connectivity index (χ2n) is 6.97. The number of rotatable bonds is 6. The number of imidazole rings is 1. The molecule has 30 heavy (non-hydrogen) atoms. The molecule has 0 fully saturated rings. The summed E-state index contributed by atoms with van der Waals surface area (Å²) < 4.78 is 25.7. The van der Waals surface area contributed by atoms with Crippen LogP contribution in [-0.4, -0.2) is 22.9 Å². The highest BCUT2D eigenvalue weighted by Gasteiger charge is 2.16. The molecule has 4 aromatic rings. The monoisotopic (exact) mass is 406 g/mol. The molecule has 1 aromatic heterocycles. The van der Waals surface area contributed by atoms with Gasteiger partial charge in [-0.25, -0.2) is 13.8 Å². The van der Waals surface area contributed by atoms with Crippen LogP contribution in [0.2, 0.25) is 0 Å². The first-order valence-electron chi connectivity index (χ1n) is 9.44. The molecule has 1 amide bonds. The summed E-state index contributed by atoms with van der Waals surface area (Å²) in [5.74, 6) is -0.735. The van der Waals surface area contributed by atoms with Gasteiger partial charge in [0.2, 0.25) is 0 Å². The van der Waals surface area contributed by atoms with E-state index in [0.29, 0.717) is 28.8 Å². The van der Waals surface area contributed by atoms with Gasteiger partial charge in [-0.2, -0.15) is 0 Å². The van der Waals surface area contributed by atoms with Crippen molar-refractivity contribution in [1.29, 1.82) is 0 Å². The minimum absolute atomic E-state index is 0.328. The van der Waals surface area contributed by atoms with Gasteiger partial charge in [0.05, 0.1) is 22.4 Å². The number of anilines is 2. The van der Waals surface area contributed by atoms with E-state index in [1.165, 1.54) is 6.07 Å². The van der Waals surface area contributed by atoms with Crippen molar-refractivity contribution in [3.8, 4) is 0 Å². The third-order valence-electron chi connectivity index (χ3n) is 4.80. The molecule has 5 nitrogen and oxygen atoms in total. The van der Waals surface area contributed by atoms with Crippen molar-refractivity contribution in [2.24, 2.45) is 0 Å². The molecule has 0 radical (unpaired) electrons. The smallest absolute Gasteiger partial charge is 0.295 e. The third kappa shape index (κ3) is 4.15. The molecule has 3 aromatic carbocycles. The number of hydrogen-bond donors (Lipinski definition) is 2. The highest BCUT2D eigenvalue weighted by Crippen LogP contribution is 2.27. The van der Waals surface area contributed by atoms with Gasteiger partial charge in [0.1, 0.15) is 0 Å². The van der Waals surface area contributed by atoms with Crippen molar-refractivity contribution in [2.75, 3.05) is 17.3 Å². The van der Waals surface area contributed by atoms with E-state index in [4.69, 9.17) is 0 Å². The van der Waals surface area contributed by atoms with Crippen molar-refractivity contribution < 1.29 is 13.6 Å². The molecule has 0 unspecified atom stereocenters. The maximum atomic E-state index is 12.9. The van der Waals surface area contributed by atoms with Crippen LogP contribution in [0.1, 0.15) is 28.2 Å². The van der Waals surface area contributed by atoms with E-state index in [1.54, 1.807) is 12.1 Å². The summed E-state index contributed by atoms with van der Waals surface area (Å²) in [5.41, 5.74) is 3.83. The second-order valence-corrected chi connectivity index (χ2v) is 6.97. The summed E-state index contributed by atoms with van der Waals surface area (Å²) >= 11 is 0. The molecule has 7 heteroatoms. The van der Waals surface area contributed by atoms with Crippen molar-refractivity contribution in [3.05, 3.63) is 89.7 Å². The summed E-state index contributed by atoms with van der Waals surface area (Å²) in [6, 6.07) is 22.2. The Balaban J connectivity index is 1.55. The SMILES string of the molecule is CN(Cc1ccccc1)c1ccccc1NC(=O)c1ccc2nc(C(F)F)[nH]c2c1. The molecule has 0 bridgehead atoms. The number of H-pyrrole nitrogens is 1. The van der Waals surface area contributed by atoms with Crippen molar-refractivity contribution in [1.82, 2.24) is 9.97 Å². The summed E-state index contributed by atoms with van der Waals surface area (Å²) in [6.45, 7) is 0.685. The molecule has 0 aliphatic carbocycles. The zero-order valence-electron chi connectivity index (χ0n) is 16.3. The molecule has 0 saturated carbocycles. The van der Waals surface area contributed by atoms with Gasteiger partial charge in [0.15, 0.2) is 5.82 Å². The lowest BCUT2D eigenvalue weighted by Crippen LogP contribution is -2.20. The van der Waals surface area contributed by atoms with Crippen LogP contribution >= 0.6 is 0 Å². The molecular weight excluding hydrogens is 386 g/mol. The van der Waals surface area contributed by atoms with Crippen LogP contribution in [0, 0.1) is 0 Å². The molecule has 152 valence electrons. The molecule has 0 aliphatic heterocycles. The van der Waals surface area contributed by atoms with Gasteiger partial charge in [0, 0.05) is 19.2 Å². The summed E-state index contributed by atoms with van der Waals surface area (Å²) in [4.78, 5) is 21.3. The van der Waals surface area contributed by atoms with Gasteiger partial charge in [-0.05, 0) is 35.9 Å². The van der Waals surface area contributed by atoms with Crippen LogP contribution in [0.5, 0.6) is 0 Å². The minimum atomic E-state index is -2.69. The number of benzene rings is 3. The molecule has 0 saturated heterocycles. The predicted molar refractivity (Wildman–Crippen MR) is 114 cm³/mol. The van der Waals surface area contributed by atoms with E-state index < -0.39 is 12.2 Å². The second kappa shape index (κ2) is 8.32. The lowest BCUT2D eigenvalue weighted by Gasteiger charge is -2.23. The Morgan fingerprint density at radius 1 is 1.07 bits per heavy atom. The summed E-state index contributed by atoms with van der Waals surface area (Å²) in [6.07, 6.45) is -2.69. The number of carbonyl (C=O) groups excluding carboxylic acids is 1. The van der Waals surface area contributed by atoms with E-state index >= 15 is 0 Å². The number of amides is 1. The number of carbonyl (C=O) groups is 1. The van der Waals surface area contributed by atoms with Crippen LogP contribution in [0.15, 0.2) is 72.8 Å². The van der Waals surface area contributed by atoms with Gasteiger partial charge in [-0.1, -0.05) is 42.5 Å². The number of nitrogens with zero attached hydrogens (tertiary/aromatic N) is 2. The Bertz CT molecular complexity index is 1170. The van der Waals surface area contributed by atoms with E-state index in [-0.39, 0.29) is 5.91 Å². The fourth-order valence-electron chi connectivity index (χ4n) is 3.32. The van der Waals surface area contributed by atoms with Crippen molar-refractivity contribution in [2.45, 2.75) is 13.0 Å². The quantitative estimate of drug-likeness (QED) is 0.451. The highest BCUT2D eigenvalue weighted by molar-refractivity contribution is 6.07. The van der Waals surface area contributed by atoms with Gasteiger partial charge < -0.3 is 15.2 Å². The number of aromatic amines is 1. The van der Waals surface area contributed by atoms with Gasteiger partial charge in [-0.15, -0.1) is 0 Å². The minimum Gasteiger partial charge on any atom is -0.369 e. The predicted octanol–water partition coefficient (Wildman–Crippen LogP) is 5.39. The maximum Gasteiger partial charge on any atom is 0.295 e. The number of halogens is 2.